The molecule has 1 aromatic heterocycles. The van der Waals surface area contributed by atoms with Gasteiger partial charge < -0.3 is 19.9 Å². The maximum Gasteiger partial charge on any atom is 0.222 e. The second kappa shape index (κ2) is 8.33. The molecule has 1 amide bonds. The lowest BCUT2D eigenvalue weighted by molar-refractivity contribution is -0.130. The zero-order chi connectivity index (χ0) is 20.7. The quantitative estimate of drug-likeness (QED) is 0.809. The third-order valence-electron chi connectivity index (χ3n) is 7.75. The number of hydrogen-bond donors (Lipinski definition) is 2. The van der Waals surface area contributed by atoms with Gasteiger partial charge in [-0.15, -0.1) is 0 Å². The molecule has 1 aromatic carbocycles. The number of nitrogens with one attached hydrogen (secondary N) is 1. The Bertz CT molecular complexity index is 888. The number of amides is 1. The lowest BCUT2D eigenvalue weighted by atomic mass is 9.77. The molecule has 0 radical (unpaired) electrons. The van der Waals surface area contributed by atoms with Gasteiger partial charge in [-0.2, -0.15) is 0 Å². The Kier molecular flexibility index (Phi) is 5.56. The first-order valence-electron chi connectivity index (χ1n) is 11.5. The smallest absolute Gasteiger partial charge is 0.222 e. The van der Waals surface area contributed by atoms with Gasteiger partial charge in [-0.25, -0.2) is 0 Å². The van der Waals surface area contributed by atoms with Crippen LogP contribution in [0.3, 0.4) is 0 Å². The van der Waals surface area contributed by atoms with Crippen LogP contribution in [0.15, 0.2) is 30.5 Å². The number of likely N-dealkylation sites (N-methyl/N-ethyl adjacent to an activating group) is 1. The van der Waals surface area contributed by atoms with E-state index in [1.165, 1.54) is 10.9 Å². The van der Waals surface area contributed by atoms with E-state index in [2.05, 4.69) is 44.9 Å². The number of aliphatic hydroxyl groups is 1. The monoisotopic (exact) mass is 410 g/mol. The molecule has 3 heterocycles. The molecule has 30 heavy (non-hydrogen) atoms. The van der Waals surface area contributed by atoms with Crippen molar-refractivity contribution in [2.75, 3.05) is 46.3 Å². The highest BCUT2D eigenvalue weighted by atomic mass is 16.3. The van der Waals surface area contributed by atoms with E-state index in [0.29, 0.717) is 18.3 Å². The fourth-order valence-corrected chi connectivity index (χ4v) is 5.90. The van der Waals surface area contributed by atoms with Crippen LogP contribution in [0, 0.1) is 11.8 Å². The van der Waals surface area contributed by atoms with Gasteiger partial charge in [-0.05, 0) is 49.8 Å². The Balaban J connectivity index is 1.17. The van der Waals surface area contributed by atoms with Gasteiger partial charge in [-0.3, -0.25) is 9.69 Å². The molecule has 2 saturated heterocycles. The maximum atomic E-state index is 13.0. The zero-order valence-electron chi connectivity index (χ0n) is 18.0. The number of rotatable bonds is 4. The zero-order valence-corrected chi connectivity index (χ0v) is 18.0. The highest BCUT2D eigenvalue weighted by Crippen LogP contribution is 2.38. The van der Waals surface area contributed by atoms with Crippen LogP contribution in [0.1, 0.15) is 24.8 Å². The second-order valence-electron chi connectivity index (χ2n) is 9.62. The SMILES string of the molecule is CN1CCN([C@@H]2C[C@@H]3CN(C(=O)CCc4c[nH]c5ccccc45)C[C@@H]3C[C@H]2O)CC1. The number of aryl methyl sites for hydroxylation is 1. The summed E-state index contributed by atoms with van der Waals surface area (Å²) in [6, 6.07) is 8.54. The molecule has 2 aromatic rings. The lowest BCUT2D eigenvalue weighted by Gasteiger charge is -2.44. The number of aromatic amines is 1. The summed E-state index contributed by atoms with van der Waals surface area (Å²) in [4.78, 5) is 23.2. The number of benzene rings is 1. The molecule has 1 aliphatic carbocycles. The molecule has 162 valence electrons. The van der Waals surface area contributed by atoms with Crippen molar-refractivity contribution in [3.63, 3.8) is 0 Å². The van der Waals surface area contributed by atoms with E-state index < -0.39 is 0 Å². The van der Waals surface area contributed by atoms with Crippen LogP contribution < -0.4 is 0 Å². The molecule has 4 atom stereocenters. The lowest BCUT2D eigenvalue weighted by Crippen LogP contribution is -2.55. The van der Waals surface area contributed by atoms with Crippen molar-refractivity contribution >= 4 is 16.8 Å². The number of H-pyrrole nitrogens is 1. The minimum atomic E-state index is -0.254. The number of likely N-dealkylation sites (tertiary alicyclic amines) is 1. The average molecular weight is 411 g/mol. The molecule has 6 nitrogen and oxygen atoms in total. The number of aromatic nitrogens is 1. The molecule has 5 rings (SSSR count). The molecular formula is C24H34N4O2. The van der Waals surface area contributed by atoms with Crippen LogP contribution in [0.25, 0.3) is 10.9 Å². The van der Waals surface area contributed by atoms with Crippen LogP contribution in [-0.4, -0.2) is 89.2 Å². The van der Waals surface area contributed by atoms with E-state index >= 15 is 0 Å². The second-order valence-corrected chi connectivity index (χ2v) is 9.62. The molecule has 1 saturated carbocycles. The standard InChI is InChI=1S/C24H34N4O2/c1-26-8-10-27(11-9-26)22-12-18-15-28(16-19(18)13-23(22)29)24(30)7-6-17-14-25-21-5-3-2-4-20(17)21/h2-5,14,18-19,22-23,25,29H,6-13,15-16H2,1H3/t18-,19+,22-,23-/m1/s1. The topological polar surface area (TPSA) is 62.8 Å². The summed E-state index contributed by atoms with van der Waals surface area (Å²) in [5, 5.41) is 12.0. The number of carbonyl (C=O) groups excluding carboxylic acids is 1. The van der Waals surface area contributed by atoms with Crippen LogP contribution >= 0.6 is 0 Å². The molecule has 3 fully saturated rings. The molecule has 2 aliphatic heterocycles. The molecule has 3 aliphatic rings. The maximum absolute atomic E-state index is 13.0. The Morgan fingerprint density at radius 1 is 1.10 bits per heavy atom. The Morgan fingerprint density at radius 3 is 2.63 bits per heavy atom. The Labute approximate surface area is 178 Å². The van der Waals surface area contributed by atoms with Gasteiger partial charge in [0.05, 0.1) is 6.10 Å². The largest absolute Gasteiger partial charge is 0.391 e. The van der Waals surface area contributed by atoms with E-state index in [9.17, 15) is 9.90 Å². The van der Waals surface area contributed by atoms with Crippen molar-refractivity contribution in [3.05, 3.63) is 36.0 Å². The van der Waals surface area contributed by atoms with Crippen LogP contribution in [0.5, 0.6) is 0 Å². The highest BCUT2D eigenvalue weighted by Gasteiger charge is 2.44. The molecule has 0 spiro atoms. The average Bonchev–Trinajstić information content (AvgIpc) is 3.36. The van der Waals surface area contributed by atoms with Gasteiger partial charge in [0.25, 0.3) is 0 Å². The van der Waals surface area contributed by atoms with Gasteiger partial charge in [0.1, 0.15) is 0 Å². The molecular weight excluding hydrogens is 376 g/mol. The molecule has 0 unspecified atom stereocenters. The summed E-state index contributed by atoms with van der Waals surface area (Å²) in [5.74, 6) is 1.26. The normalized spacial score (nSPS) is 30.7. The fourth-order valence-electron chi connectivity index (χ4n) is 5.90. The van der Waals surface area contributed by atoms with Crippen LogP contribution in [0.2, 0.25) is 0 Å². The summed E-state index contributed by atoms with van der Waals surface area (Å²) in [6.45, 7) is 5.94. The van der Waals surface area contributed by atoms with Crippen LogP contribution in [-0.2, 0) is 11.2 Å². The van der Waals surface area contributed by atoms with Gasteiger partial charge in [-0.1, -0.05) is 18.2 Å². The van der Waals surface area contributed by atoms with E-state index in [0.717, 1.165) is 64.0 Å². The summed E-state index contributed by atoms with van der Waals surface area (Å²) in [6.07, 6.45) is 5.00. The fraction of sp³-hybridized carbons (Fsp3) is 0.625. The van der Waals surface area contributed by atoms with E-state index in [4.69, 9.17) is 0 Å². The molecule has 0 bridgehead atoms. The van der Waals surface area contributed by atoms with Gasteiger partial charge >= 0.3 is 0 Å². The van der Waals surface area contributed by atoms with Crippen molar-refractivity contribution in [2.45, 2.75) is 37.8 Å². The van der Waals surface area contributed by atoms with Crippen molar-refractivity contribution < 1.29 is 9.90 Å². The van der Waals surface area contributed by atoms with Crippen molar-refractivity contribution in [2.24, 2.45) is 11.8 Å². The summed E-state index contributed by atoms with van der Waals surface area (Å²) >= 11 is 0. The number of hydrogen-bond acceptors (Lipinski definition) is 4. The predicted molar refractivity (Wildman–Crippen MR) is 118 cm³/mol. The van der Waals surface area contributed by atoms with Crippen molar-refractivity contribution in [3.8, 4) is 0 Å². The minimum absolute atomic E-state index is 0.254. The number of aliphatic hydroxyl groups excluding tert-OH is 1. The van der Waals surface area contributed by atoms with Gasteiger partial charge in [0, 0.05) is 68.8 Å². The summed E-state index contributed by atoms with van der Waals surface area (Å²) < 4.78 is 0. The highest BCUT2D eigenvalue weighted by molar-refractivity contribution is 5.84. The first-order chi connectivity index (χ1) is 14.6. The van der Waals surface area contributed by atoms with E-state index in [1.807, 2.05) is 12.3 Å². The van der Waals surface area contributed by atoms with E-state index in [1.54, 1.807) is 0 Å². The third-order valence-corrected chi connectivity index (χ3v) is 7.75. The number of nitrogens with zero attached hydrogens (tertiary/aromatic N) is 3. The van der Waals surface area contributed by atoms with E-state index in [-0.39, 0.29) is 18.1 Å². The van der Waals surface area contributed by atoms with Crippen molar-refractivity contribution in [1.29, 1.82) is 0 Å². The van der Waals surface area contributed by atoms with Crippen LogP contribution in [0.4, 0.5) is 0 Å². The Hall–Kier alpha value is -1.89. The first-order valence-corrected chi connectivity index (χ1v) is 11.5. The number of fused-ring (bicyclic) bond motifs is 2. The molecule has 2 N–H and O–H groups in total. The summed E-state index contributed by atoms with van der Waals surface area (Å²) in [7, 11) is 2.17. The Morgan fingerprint density at radius 2 is 1.83 bits per heavy atom. The summed E-state index contributed by atoms with van der Waals surface area (Å²) in [5.41, 5.74) is 2.36. The first kappa shape index (κ1) is 20.0. The van der Waals surface area contributed by atoms with Gasteiger partial charge in [0.15, 0.2) is 0 Å². The number of piperazine rings is 1. The number of carbonyl (C=O) groups is 1. The van der Waals surface area contributed by atoms with Gasteiger partial charge in [0.2, 0.25) is 5.91 Å². The minimum Gasteiger partial charge on any atom is -0.391 e. The van der Waals surface area contributed by atoms with Crippen molar-refractivity contribution in [1.82, 2.24) is 19.7 Å². The molecule has 6 heteroatoms. The third kappa shape index (κ3) is 3.88. The number of para-hydroxylation sites is 1. The predicted octanol–water partition coefficient (Wildman–Crippen LogP) is 1.95.